The highest BCUT2D eigenvalue weighted by Gasteiger charge is 2.21. The first kappa shape index (κ1) is 17.3. The average molecular weight is 427 g/mol. The Morgan fingerprint density at radius 3 is 2.55 bits per heavy atom. The molecular weight excluding hydrogens is 405 g/mol. The van der Waals surface area contributed by atoms with Crippen LogP contribution in [0.4, 0.5) is 5.69 Å². The maximum atomic E-state index is 12.4. The molecule has 1 heterocycles. The number of nitrogens with one attached hydrogen (secondary N) is 1. The van der Waals surface area contributed by atoms with Crippen molar-refractivity contribution in [2.24, 2.45) is 0 Å². The van der Waals surface area contributed by atoms with Gasteiger partial charge in [0, 0.05) is 36.4 Å². The molecule has 0 aliphatic carbocycles. The minimum Gasteiger partial charge on any atom is -0.458 e. The molecule has 0 aliphatic heterocycles. The molecule has 118 valence electrons. The monoisotopic (exact) mass is 427 g/mol. The second kappa shape index (κ2) is 7.00. The number of hydrogen-bond donors (Lipinski definition) is 1. The van der Waals surface area contributed by atoms with Crippen molar-refractivity contribution in [3.05, 3.63) is 51.5 Å². The summed E-state index contributed by atoms with van der Waals surface area (Å²) in [5, 5.41) is 3.03. The van der Waals surface area contributed by atoms with Gasteiger partial charge in [-0.05, 0) is 23.6 Å². The molecule has 3 nitrogen and oxygen atoms in total. The number of benzene rings is 1. The Labute approximate surface area is 146 Å². The van der Waals surface area contributed by atoms with E-state index in [4.69, 9.17) is 4.42 Å². The van der Waals surface area contributed by atoms with Crippen molar-refractivity contribution in [2.75, 3.05) is 5.32 Å². The van der Waals surface area contributed by atoms with Crippen LogP contribution in [-0.4, -0.2) is 14.0 Å². The maximum Gasteiger partial charge on any atom is 0.260 e. The zero-order valence-electron chi connectivity index (χ0n) is 13.4. The van der Waals surface area contributed by atoms with E-state index >= 15 is 0 Å². The fourth-order valence-electron chi connectivity index (χ4n) is 2.71. The first-order valence-electron chi connectivity index (χ1n) is 7.41. The van der Waals surface area contributed by atoms with Gasteiger partial charge in [0.1, 0.15) is 0 Å². The quantitative estimate of drug-likeness (QED) is 0.500. The molecular formula is C17H22INO2Si. The molecule has 1 N–H and O–H groups in total. The van der Waals surface area contributed by atoms with E-state index in [1.165, 1.54) is 17.9 Å². The van der Waals surface area contributed by atoms with Gasteiger partial charge in [0.15, 0.2) is 3.77 Å². The van der Waals surface area contributed by atoms with Gasteiger partial charge in [0.25, 0.3) is 5.91 Å². The van der Waals surface area contributed by atoms with Gasteiger partial charge in [-0.2, -0.15) is 0 Å². The molecule has 1 atom stereocenters. The van der Waals surface area contributed by atoms with E-state index in [0.717, 1.165) is 5.69 Å². The van der Waals surface area contributed by atoms with Gasteiger partial charge >= 0.3 is 0 Å². The van der Waals surface area contributed by atoms with Crippen molar-refractivity contribution in [1.29, 1.82) is 0 Å². The molecule has 2 aromatic rings. The number of hydrogen-bond acceptors (Lipinski definition) is 2. The molecule has 0 bridgehead atoms. The van der Waals surface area contributed by atoms with Crippen LogP contribution in [0, 0.1) is 3.77 Å². The van der Waals surface area contributed by atoms with Crippen LogP contribution in [0.25, 0.3) is 0 Å². The van der Waals surface area contributed by atoms with Crippen LogP contribution < -0.4 is 5.32 Å². The van der Waals surface area contributed by atoms with Crippen LogP contribution >= 0.6 is 22.6 Å². The fourth-order valence-corrected chi connectivity index (χ4v) is 5.34. The van der Waals surface area contributed by atoms with Gasteiger partial charge in [-0.25, -0.2) is 0 Å². The number of para-hydroxylation sites is 1. The molecule has 0 fully saturated rings. The van der Waals surface area contributed by atoms with Crippen LogP contribution in [0.1, 0.15) is 28.8 Å². The van der Waals surface area contributed by atoms with Gasteiger partial charge in [0.2, 0.25) is 0 Å². The van der Waals surface area contributed by atoms with Crippen molar-refractivity contribution in [2.45, 2.75) is 38.5 Å². The molecule has 1 aromatic carbocycles. The Kier molecular flexibility index (Phi) is 5.49. The van der Waals surface area contributed by atoms with E-state index in [1.807, 2.05) is 40.8 Å². The number of rotatable bonds is 5. The molecule has 2 rings (SSSR count). The van der Waals surface area contributed by atoms with E-state index in [9.17, 15) is 4.79 Å². The van der Waals surface area contributed by atoms with Crippen LogP contribution in [0.2, 0.25) is 25.7 Å². The standard InChI is InChI=1S/C17H22INO2Si/c1-12(11-22(2,3)4)13-7-5-6-8-15(13)19-17(20)14-9-10-21-16(14)18/h5-10,12H,11H2,1-4H3,(H,19,20). The predicted octanol–water partition coefficient (Wildman–Crippen LogP) is 5.58. The van der Waals surface area contributed by atoms with Gasteiger partial charge in [0.05, 0.1) is 11.8 Å². The fraction of sp³-hybridized carbons (Fsp3) is 0.353. The Morgan fingerprint density at radius 2 is 1.95 bits per heavy atom. The smallest absolute Gasteiger partial charge is 0.260 e. The summed E-state index contributed by atoms with van der Waals surface area (Å²) in [6.45, 7) is 9.36. The van der Waals surface area contributed by atoms with E-state index < -0.39 is 8.07 Å². The lowest BCUT2D eigenvalue weighted by Gasteiger charge is -2.23. The van der Waals surface area contributed by atoms with Crippen LogP contribution in [0.3, 0.4) is 0 Å². The van der Waals surface area contributed by atoms with Crippen molar-refractivity contribution < 1.29 is 9.21 Å². The molecule has 0 spiro atoms. The van der Waals surface area contributed by atoms with Gasteiger partial charge in [-0.3, -0.25) is 4.79 Å². The molecule has 1 aromatic heterocycles. The first-order chi connectivity index (χ1) is 10.3. The van der Waals surface area contributed by atoms with Gasteiger partial charge in [-0.1, -0.05) is 50.8 Å². The van der Waals surface area contributed by atoms with Crippen molar-refractivity contribution in [3.8, 4) is 0 Å². The highest BCUT2D eigenvalue weighted by Crippen LogP contribution is 2.31. The van der Waals surface area contributed by atoms with E-state index in [1.54, 1.807) is 6.07 Å². The normalized spacial score (nSPS) is 13.0. The van der Waals surface area contributed by atoms with Crippen molar-refractivity contribution >= 4 is 42.3 Å². The average Bonchev–Trinajstić information content (AvgIpc) is 2.83. The van der Waals surface area contributed by atoms with Crippen molar-refractivity contribution in [1.82, 2.24) is 0 Å². The molecule has 0 saturated heterocycles. The van der Waals surface area contributed by atoms with Crippen LogP contribution in [0.15, 0.2) is 41.0 Å². The number of anilines is 1. The van der Waals surface area contributed by atoms with Gasteiger partial charge < -0.3 is 9.73 Å². The zero-order valence-corrected chi connectivity index (χ0v) is 16.6. The summed E-state index contributed by atoms with van der Waals surface area (Å²) in [5.41, 5.74) is 2.68. The zero-order chi connectivity index (χ0) is 16.3. The second-order valence-corrected chi connectivity index (χ2v) is 13.3. The SMILES string of the molecule is CC(C[Si](C)(C)C)c1ccccc1NC(=O)c1ccoc1I. The molecule has 0 aliphatic rings. The number of carbonyl (C=O) groups excluding carboxylic acids is 1. The van der Waals surface area contributed by atoms with Gasteiger partial charge in [-0.15, -0.1) is 0 Å². The lowest BCUT2D eigenvalue weighted by atomic mass is 10.0. The van der Waals surface area contributed by atoms with Crippen LogP contribution in [0.5, 0.6) is 0 Å². The third-order valence-corrected chi connectivity index (χ3v) is 6.19. The summed E-state index contributed by atoms with van der Waals surface area (Å²) in [4.78, 5) is 12.4. The third kappa shape index (κ3) is 4.46. The lowest BCUT2D eigenvalue weighted by Crippen LogP contribution is -2.22. The van der Waals surface area contributed by atoms with Crippen molar-refractivity contribution in [3.63, 3.8) is 0 Å². The highest BCUT2D eigenvalue weighted by atomic mass is 127. The number of furan rings is 1. The van der Waals surface area contributed by atoms with E-state index in [0.29, 0.717) is 15.2 Å². The highest BCUT2D eigenvalue weighted by molar-refractivity contribution is 14.1. The lowest BCUT2D eigenvalue weighted by molar-refractivity contribution is 0.102. The minimum atomic E-state index is -1.16. The molecule has 5 heteroatoms. The molecule has 1 amide bonds. The maximum absolute atomic E-state index is 12.4. The number of carbonyl (C=O) groups is 1. The van der Waals surface area contributed by atoms with Crippen LogP contribution in [-0.2, 0) is 0 Å². The largest absolute Gasteiger partial charge is 0.458 e. The topological polar surface area (TPSA) is 42.2 Å². The first-order valence-corrected chi connectivity index (χ1v) is 12.2. The molecule has 0 saturated carbocycles. The minimum absolute atomic E-state index is 0.120. The summed E-state index contributed by atoms with van der Waals surface area (Å²) in [5.74, 6) is 0.317. The summed E-state index contributed by atoms with van der Waals surface area (Å²) in [6.07, 6.45) is 1.54. The molecule has 0 radical (unpaired) electrons. The number of halogens is 1. The Bertz CT molecular complexity index is 661. The third-order valence-electron chi connectivity index (χ3n) is 3.52. The predicted molar refractivity (Wildman–Crippen MR) is 102 cm³/mol. The molecule has 1 unspecified atom stereocenters. The summed E-state index contributed by atoms with van der Waals surface area (Å²) < 4.78 is 5.81. The number of amides is 1. The Morgan fingerprint density at radius 1 is 1.27 bits per heavy atom. The summed E-state index contributed by atoms with van der Waals surface area (Å²) in [6, 6.07) is 11.0. The molecule has 22 heavy (non-hydrogen) atoms. The summed E-state index contributed by atoms with van der Waals surface area (Å²) in [7, 11) is -1.16. The summed E-state index contributed by atoms with van der Waals surface area (Å²) >= 11 is 2.03. The second-order valence-electron chi connectivity index (χ2n) is 6.82. The van der Waals surface area contributed by atoms with E-state index in [2.05, 4.69) is 37.9 Å². The Hall–Kier alpha value is -1.08. The van der Waals surface area contributed by atoms with E-state index in [-0.39, 0.29) is 5.91 Å². The Balaban J connectivity index is 2.22.